The van der Waals surface area contributed by atoms with Crippen LogP contribution in [0.25, 0.3) is 0 Å². The quantitative estimate of drug-likeness (QED) is 0.740. The predicted octanol–water partition coefficient (Wildman–Crippen LogP) is 3.39. The van der Waals surface area contributed by atoms with Crippen LogP contribution in [0.2, 0.25) is 0 Å². The Morgan fingerprint density at radius 2 is 1.78 bits per heavy atom. The third-order valence-electron chi connectivity index (χ3n) is 2.97. The smallest absolute Gasteiger partial charge is 0.271 e. The predicted molar refractivity (Wildman–Crippen MR) is 91.6 cm³/mol. The summed E-state index contributed by atoms with van der Waals surface area (Å²) in [7, 11) is -3.52. The average molecular weight is 346 g/mol. The molecule has 0 atom stereocenters. The Balaban J connectivity index is 1.72. The molecule has 0 unspecified atom stereocenters. The number of thiophene rings is 1. The Kier molecular flexibility index (Phi) is 4.26. The molecule has 0 amide bonds. The molecule has 0 spiro atoms. The molecule has 0 saturated heterocycles. The zero-order valence-electron chi connectivity index (χ0n) is 12.2. The van der Waals surface area contributed by atoms with Crippen LogP contribution in [-0.2, 0) is 10.0 Å². The summed E-state index contributed by atoms with van der Waals surface area (Å²) in [5.74, 6) is 0.685. The van der Waals surface area contributed by atoms with Crippen molar-refractivity contribution in [1.82, 2.24) is 9.97 Å². The minimum absolute atomic E-state index is 0.288. The number of anilines is 3. The zero-order chi connectivity index (χ0) is 16.3. The van der Waals surface area contributed by atoms with E-state index in [0.717, 1.165) is 11.4 Å². The zero-order valence-corrected chi connectivity index (χ0v) is 13.9. The molecule has 3 aromatic rings. The summed E-state index contributed by atoms with van der Waals surface area (Å²) in [4.78, 5) is 8.15. The monoisotopic (exact) mass is 346 g/mol. The second-order valence-corrected chi connectivity index (χ2v) is 7.64. The van der Waals surface area contributed by atoms with Crippen molar-refractivity contribution in [1.29, 1.82) is 0 Å². The topological polar surface area (TPSA) is 84.0 Å². The second kappa shape index (κ2) is 6.35. The summed E-state index contributed by atoms with van der Waals surface area (Å²) in [6.45, 7) is 1.88. The molecule has 0 aliphatic rings. The highest BCUT2D eigenvalue weighted by Gasteiger charge is 2.14. The van der Waals surface area contributed by atoms with E-state index in [2.05, 4.69) is 20.0 Å². The van der Waals surface area contributed by atoms with Gasteiger partial charge in [-0.25, -0.2) is 18.4 Å². The fourth-order valence-corrected chi connectivity index (χ4v) is 3.97. The van der Waals surface area contributed by atoms with Gasteiger partial charge < -0.3 is 5.32 Å². The first-order valence-electron chi connectivity index (χ1n) is 6.75. The first-order chi connectivity index (χ1) is 11.0. The van der Waals surface area contributed by atoms with Gasteiger partial charge in [0.2, 0.25) is 0 Å². The van der Waals surface area contributed by atoms with Gasteiger partial charge in [0.05, 0.1) is 0 Å². The van der Waals surface area contributed by atoms with Gasteiger partial charge in [0.25, 0.3) is 10.0 Å². The van der Waals surface area contributed by atoms with E-state index in [0.29, 0.717) is 11.5 Å². The number of benzene rings is 1. The van der Waals surface area contributed by atoms with Crippen LogP contribution >= 0.6 is 11.3 Å². The molecule has 118 valence electrons. The SMILES string of the molecule is Cc1cc(Nc2ccc(NS(=O)(=O)c3cccs3)cc2)ncn1. The summed E-state index contributed by atoms with van der Waals surface area (Å²) in [6, 6.07) is 12.1. The van der Waals surface area contributed by atoms with E-state index in [1.165, 1.54) is 17.7 Å². The fraction of sp³-hybridized carbons (Fsp3) is 0.0667. The fourth-order valence-electron chi connectivity index (χ4n) is 1.91. The molecular formula is C15H14N4O2S2. The largest absolute Gasteiger partial charge is 0.340 e. The minimum Gasteiger partial charge on any atom is -0.340 e. The van der Waals surface area contributed by atoms with Crippen molar-refractivity contribution < 1.29 is 8.42 Å². The van der Waals surface area contributed by atoms with Crippen LogP contribution in [0.3, 0.4) is 0 Å². The first-order valence-corrected chi connectivity index (χ1v) is 9.11. The molecule has 1 aromatic carbocycles. The number of sulfonamides is 1. The molecule has 2 heterocycles. The number of aryl methyl sites for hydroxylation is 1. The van der Waals surface area contributed by atoms with Crippen molar-refractivity contribution in [2.24, 2.45) is 0 Å². The van der Waals surface area contributed by atoms with Gasteiger partial charge in [0, 0.05) is 23.1 Å². The van der Waals surface area contributed by atoms with E-state index >= 15 is 0 Å². The molecule has 0 fully saturated rings. The maximum atomic E-state index is 12.1. The van der Waals surface area contributed by atoms with Crippen molar-refractivity contribution in [3.8, 4) is 0 Å². The lowest BCUT2D eigenvalue weighted by molar-refractivity contribution is 0.603. The minimum atomic E-state index is -3.52. The van der Waals surface area contributed by atoms with Gasteiger partial charge in [0.15, 0.2) is 0 Å². The molecule has 6 nitrogen and oxygen atoms in total. The van der Waals surface area contributed by atoms with Crippen LogP contribution in [0.5, 0.6) is 0 Å². The third kappa shape index (κ3) is 3.85. The van der Waals surface area contributed by atoms with Gasteiger partial charge in [-0.15, -0.1) is 11.3 Å². The van der Waals surface area contributed by atoms with E-state index in [9.17, 15) is 8.42 Å². The number of rotatable bonds is 5. The average Bonchev–Trinajstić information content (AvgIpc) is 3.04. The van der Waals surface area contributed by atoms with Crippen LogP contribution in [0.1, 0.15) is 5.69 Å². The van der Waals surface area contributed by atoms with E-state index in [4.69, 9.17) is 0 Å². The van der Waals surface area contributed by atoms with Crippen LogP contribution in [0, 0.1) is 6.92 Å². The maximum absolute atomic E-state index is 12.1. The van der Waals surface area contributed by atoms with Gasteiger partial charge >= 0.3 is 0 Å². The lowest BCUT2D eigenvalue weighted by atomic mass is 10.3. The number of nitrogens with zero attached hydrogens (tertiary/aromatic N) is 2. The highest BCUT2D eigenvalue weighted by Crippen LogP contribution is 2.22. The Labute approximate surface area is 138 Å². The summed E-state index contributed by atoms with van der Waals surface area (Å²) in [6.07, 6.45) is 1.49. The Morgan fingerprint density at radius 3 is 2.43 bits per heavy atom. The number of aromatic nitrogens is 2. The highest BCUT2D eigenvalue weighted by molar-refractivity contribution is 7.94. The molecule has 0 radical (unpaired) electrons. The van der Waals surface area contributed by atoms with E-state index in [1.54, 1.807) is 41.8 Å². The van der Waals surface area contributed by atoms with Crippen molar-refractivity contribution >= 4 is 38.6 Å². The summed E-state index contributed by atoms with van der Waals surface area (Å²) < 4.78 is 27.1. The standard InChI is InChI=1S/C15H14N4O2S2/c1-11-9-14(17-10-16-11)18-12-4-6-13(7-5-12)19-23(20,21)15-3-2-8-22-15/h2-10,19H,1H3,(H,16,17,18). The molecule has 23 heavy (non-hydrogen) atoms. The van der Waals surface area contributed by atoms with Crippen LogP contribution < -0.4 is 10.0 Å². The molecule has 3 rings (SSSR count). The molecule has 2 aromatic heterocycles. The normalized spacial score (nSPS) is 11.2. The van der Waals surface area contributed by atoms with Crippen molar-refractivity contribution in [3.05, 3.63) is 59.9 Å². The molecule has 2 N–H and O–H groups in total. The lowest BCUT2D eigenvalue weighted by Gasteiger charge is -2.09. The first kappa shape index (κ1) is 15.4. The van der Waals surface area contributed by atoms with Gasteiger partial charge in [-0.1, -0.05) is 6.07 Å². The third-order valence-corrected chi connectivity index (χ3v) is 5.75. The summed E-state index contributed by atoms with van der Waals surface area (Å²) in [5.41, 5.74) is 2.17. The van der Waals surface area contributed by atoms with E-state index in [-0.39, 0.29) is 4.21 Å². The van der Waals surface area contributed by atoms with E-state index in [1.807, 2.05) is 13.0 Å². The van der Waals surface area contributed by atoms with Crippen LogP contribution in [0.4, 0.5) is 17.2 Å². The number of hydrogen-bond acceptors (Lipinski definition) is 6. The van der Waals surface area contributed by atoms with Crippen molar-refractivity contribution in [2.75, 3.05) is 10.0 Å². The van der Waals surface area contributed by atoms with Gasteiger partial charge in [-0.2, -0.15) is 0 Å². The van der Waals surface area contributed by atoms with E-state index < -0.39 is 10.0 Å². The number of hydrogen-bond donors (Lipinski definition) is 2. The van der Waals surface area contributed by atoms with Gasteiger partial charge in [-0.05, 0) is 42.6 Å². The molecular weight excluding hydrogens is 332 g/mol. The van der Waals surface area contributed by atoms with Gasteiger partial charge in [0.1, 0.15) is 16.4 Å². The van der Waals surface area contributed by atoms with Crippen molar-refractivity contribution in [2.45, 2.75) is 11.1 Å². The Bertz CT molecular complexity index is 891. The number of nitrogens with one attached hydrogen (secondary N) is 2. The maximum Gasteiger partial charge on any atom is 0.271 e. The van der Waals surface area contributed by atoms with Gasteiger partial charge in [-0.3, -0.25) is 4.72 Å². The molecule has 0 aliphatic heterocycles. The summed E-state index contributed by atoms with van der Waals surface area (Å²) >= 11 is 1.18. The summed E-state index contributed by atoms with van der Waals surface area (Å²) in [5, 5.41) is 4.86. The van der Waals surface area contributed by atoms with Crippen molar-refractivity contribution in [3.63, 3.8) is 0 Å². The van der Waals surface area contributed by atoms with Crippen LogP contribution in [-0.4, -0.2) is 18.4 Å². The molecule has 0 aliphatic carbocycles. The second-order valence-electron chi connectivity index (χ2n) is 4.78. The van der Waals surface area contributed by atoms with Crippen LogP contribution in [0.15, 0.2) is 58.4 Å². The highest BCUT2D eigenvalue weighted by atomic mass is 32.2. The Hall–Kier alpha value is -2.45. The lowest BCUT2D eigenvalue weighted by Crippen LogP contribution is -2.11. The Morgan fingerprint density at radius 1 is 1.04 bits per heavy atom. The molecule has 8 heteroatoms. The molecule has 0 bridgehead atoms. The molecule has 0 saturated carbocycles.